The number of methoxy groups -OCH3 is 2. The zero-order chi connectivity index (χ0) is 13.2. The van der Waals surface area contributed by atoms with Crippen LogP contribution in [0.2, 0.25) is 0 Å². The summed E-state index contributed by atoms with van der Waals surface area (Å²) in [6.45, 7) is 3.95. The summed E-state index contributed by atoms with van der Waals surface area (Å²) in [5.41, 5.74) is 0. The fraction of sp³-hybridized carbons (Fsp3) is 0.818. The van der Waals surface area contributed by atoms with Gasteiger partial charge < -0.3 is 9.47 Å². The lowest BCUT2D eigenvalue weighted by Gasteiger charge is -2.41. The van der Waals surface area contributed by atoms with Gasteiger partial charge in [0, 0.05) is 14.2 Å². The maximum atomic E-state index is 6.69. The van der Waals surface area contributed by atoms with Gasteiger partial charge in [0.15, 0.2) is 0 Å². The van der Waals surface area contributed by atoms with Crippen LogP contribution in [-0.4, -0.2) is 29.8 Å². The summed E-state index contributed by atoms with van der Waals surface area (Å²) in [5.74, 6) is -1.27. The summed E-state index contributed by atoms with van der Waals surface area (Å²) in [5, 5.41) is 0.648. The number of hydrogen-bond donors (Lipinski definition) is 0. The fourth-order valence-electron chi connectivity index (χ4n) is 3.24. The van der Waals surface area contributed by atoms with Crippen molar-refractivity contribution < 1.29 is 9.47 Å². The number of rotatable bonds is 2. The van der Waals surface area contributed by atoms with Gasteiger partial charge in [-0.2, -0.15) is 0 Å². The van der Waals surface area contributed by atoms with Crippen molar-refractivity contribution in [3.63, 3.8) is 0 Å². The summed E-state index contributed by atoms with van der Waals surface area (Å²) < 4.78 is 11.1. The van der Waals surface area contributed by atoms with Gasteiger partial charge in [0.25, 0.3) is 0 Å². The first-order valence-electron chi connectivity index (χ1n) is 5.30. The van der Waals surface area contributed by atoms with Gasteiger partial charge in [-0.25, -0.2) is 0 Å². The third kappa shape index (κ3) is 1.14. The molecule has 0 saturated heterocycles. The van der Waals surface area contributed by atoms with Gasteiger partial charge >= 0.3 is 0 Å². The van der Waals surface area contributed by atoms with Crippen LogP contribution < -0.4 is 0 Å². The van der Waals surface area contributed by atoms with E-state index in [0.717, 1.165) is 0 Å². The molecule has 2 unspecified atom stereocenters. The lowest BCUT2D eigenvalue weighted by Crippen LogP contribution is -2.57. The summed E-state index contributed by atoms with van der Waals surface area (Å²) in [7, 11) is 3.00. The Morgan fingerprint density at radius 3 is 1.35 bits per heavy atom. The van der Waals surface area contributed by atoms with Crippen LogP contribution in [0.4, 0.5) is 0 Å². The Kier molecular flexibility index (Phi) is 3.27. The summed E-state index contributed by atoms with van der Waals surface area (Å²) in [6, 6.07) is 0. The molecule has 4 atom stereocenters. The van der Waals surface area contributed by atoms with Crippen molar-refractivity contribution in [1.82, 2.24) is 0 Å². The van der Waals surface area contributed by atoms with Crippen molar-refractivity contribution >= 4 is 46.4 Å². The number of alkyl halides is 2. The Hall–Kier alpha value is 0.820. The first kappa shape index (κ1) is 14.2. The number of ether oxygens (including phenoxy) is 2. The second-order valence-electron chi connectivity index (χ2n) is 4.65. The predicted molar refractivity (Wildman–Crippen MR) is 71.0 cm³/mol. The minimum atomic E-state index is -1.24. The van der Waals surface area contributed by atoms with Gasteiger partial charge in [0.05, 0.1) is 10.1 Å². The van der Waals surface area contributed by atoms with Crippen molar-refractivity contribution in [1.29, 1.82) is 0 Å². The van der Waals surface area contributed by atoms with E-state index < -0.39 is 15.5 Å². The topological polar surface area (TPSA) is 18.5 Å². The quantitative estimate of drug-likeness (QED) is 0.567. The molecule has 0 heterocycles. The zero-order valence-electron chi connectivity index (χ0n) is 9.98. The van der Waals surface area contributed by atoms with Gasteiger partial charge in [-0.15, -0.1) is 23.2 Å². The Labute approximate surface area is 121 Å². The fourth-order valence-corrected chi connectivity index (χ4v) is 5.45. The minimum absolute atomic E-state index is 0.0171. The summed E-state index contributed by atoms with van der Waals surface area (Å²) >= 11 is 25.9. The zero-order valence-corrected chi connectivity index (χ0v) is 13.0. The van der Waals surface area contributed by atoms with Crippen molar-refractivity contribution in [2.24, 2.45) is 11.8 Å². The molecule has 0 aliphatic heterocycles. The summed E-state index contributed by atoms with van der Waals surface area (Å²) in [6.07, 6.45) is 0. The van der Waals surface area contributed by atoms with Crippen LogP contribution in [0.15, 0.2) is 10.1 Å². The van der Waals surface area contributed by atoms with E-state index in [2.05, 4.69) is 0 Å². The Morgan fingerprint density at radius 1 is 0.882 bits per heavy atom. The van der Waals surface area contributed by atoms with Crippen LogP contribution in [0.1, 0.15) is 13.8 Å². The normalized spacial score (nSPS) is 48.0. The highest BCUT2D eigenvalue weighted by Crippen LogP contribution is 2.73. The molecule has 1 saturated carbocycles. The smallest absolute Gasteiger partial charge is 0.217 e. The van der Waals surface area contributed by atoms with E-state index in [-0.39, 0.29) is 11.8 Å². The highest BCUT2D eigenvalue weighted by molar-refractivity contribution is 6.52. The van der Waals surface area contributed by atoms with Gasteiger partial charge in [0.2, 0.25) is 5.79 Å². The van der Waals surface area contributed by atoms with Crippen molar-refractivity contribution in [2.45, 2.75) is 29.4 Å². The van der Waals surface area contributed by atoms with E-state index in [9.17, 15) is 0 Å². The Morgan fingerprint density at radius 2 is 1.18 bits per heavy atom. The minimum Gasteiger partial charge on any atom is -0.350 e. The lowest BCUT2D eigenvalue weighted by atomic mass is 9.85. The number of hydrogen-bond acceptors (Lipinski definition) is 2. The van der Waals surface area contributed by atoms with Crippen LogP contribution in [-0.2, 0) is 9.47 Å². The molecule has 0 spiro atoms. The van der Waals surface area contributed by atoms with Crippen LogP contribution in [0, 0.1) is 11.8 Å². The molecular weight excluding hydrogens is 306 g/mol. The third-order valence-electron chi connectivity index (χ3n) is 4.37. The van der Waals surface area contributed by atoms with Crippen LogP contribution >= 0.6 is 46.4 Å². The maximum absolute atomic E-state index is 6.69. The van der Waals surface area contributed by atoms with E-state index in [1.54, 1.807) is 0 Å². The molecule has 2 aliphatic rings. The third-order valence-corrected chi connectivity index (χ3v) is 7.20. The Bertz CT molecular complexity index is 361. The molecule has 1 fully saturated rings. The molecule has 2 bridgehead atoms. The largest absolute Gasteiger partial charge is 0.350 e. The molecule has 6 heteroatoms. The predicted octanol–water partition coefficient (Wildman–Crippen LogP) is 3.92. The van der Waals surface area contributed by atoms with Crippen LogP contribution in [0.5, 0.6) is 0 Å². The SMILES string of the molecule is COC1(OC)C2(Cl)C(Cl)=C(Cl)C1(Cl)[C@H](C)[C@H]2C. The molecule has 0 aromatic rings. The molecule has 2 aliphatic carbocycles. The molecule has 0 aromatic heterocycles. The van der Waals surface area contributed by atoms with E-state index in [0.29, 0.717) is 10.1 Å². The summed E-state index contributed by atoms with van der Waals surface area (Å²) in [4.78, 5) is -2.09. The average molecular weight is 320 g/mol. The molecule has 17 heavy (non-hydrogen) atoms. The van der Waals surface area contributed by atoms with Crippen LogP contribution in [0.25, 0.3) is 0 Å². The van der Waals surface area contributed by atoms with E-state index >= 15 is 0 Å². The highest BCUT2D eigenvalue weighted by Gasteiger charge is 2.82. The second-order valence-corrected chi connectivity index (χ2v) is 6.60. The molecule has 2 nitrogen and oxygen atoms in total. The van der Waals surface area contributed by atoms with Gasteiger partial charge in [-0.05, 0) is 11.8 Å². The highest BCUT2D eigenvalue weighted by atomic mass is 35.5. The average Bonchev–Trinajstić information content (AvgIpc) is 2.54. The number of fused-ring (bicyclic) bond motifs is 2. The first-order chi connectivity index (χ1) is 7.75. The standard InChI is InChI=1S/C11H14Cl4O2/c1-5-6(2)10(15)8(13)7(12)9(5,14)11(10,16-3)17-4/h5-6H,1-4H3/t5-,6-,9?,10?/m1/s1. The molecule has 0 amide bonds. The molecule has 98 valence electrons. The van der Waals surface area contributed by atoms with E-state index in [4.69, 9.17) is 55.9 Å². The van der Waals surface area contributed by atoms with Crippen LogP contribution in [0.3, 0.4) is 0 Å². The second kappa shape index (κ2) is 3.91. The molecule has 0 N–H and O–H groups in total. The molecule has 2 rings (SSSR count). The van der Waals surface area contributed by atoms with Gasteiger partial charge in [0.1, 0.15) is 9.75 Å². The van der Waals surface area contributed by atoms with E-state index in [1.807, 2.05) is 13.8 Å². The van der Waals surface area contributed by atoms with Gasteiger partial charge in [-0.1, -0.05) is 37.0 Å². The van der Waals surface area contributed by atoms with Crippen molar-refractivity contribution in [2.75, 3.05) is 14.2 Å². The molecule has 0 aromatic carbocycles. The maximum Gasteiger partial charge on any atom is 0.217 e. The van der Waals surface area contributed by atoms with Gasteiger partial charge in [-0.3, -0.25) is 0 Å². The first-order valence-corrected chi connectivity index (χ1v) is 6.81. The Balaban J connectivity index is 2.77. The van der Waals surface area contributed by atoms with Crippen molar-refractivity contribution in [3.05, 3.63) is 10.1 Å². The number of halogens is 4. The van der Waals surface area contributed by atoms with Crippen molar-refractivity contribution in [3.8, 4) is 0 Å². The lowest BCUT2D eigenvalue weighted by molar-refractivity contribution is -0.220. The van der Waals surface area contributed by atoms with E-state index in [1.165, 1.54) is 14.2 Å². The molecular formula is C11H14Cl4O2. The molecule has 0 radical (unpaired) electrons. The monoisotopic (exact) mass is 318 g/mol.